The van der Waals surface area contributed by atoms with Crippen LogP contribution in [0.2, 0.25) is 5.02 Å². The maximum Gasteiger partial charge on any atom is 0.251 e. The smallest absolute Gasteiger partial charge is 0.251 e. The first-order valence-electron chi connectivity index (χ1n) is 8.66. The summed E-state index contributed by atoms with van der Waals surface area (Å²) < 4.78 is 0. The van der Waals surface area contributed by atoms with Gasteiger partial charge in [0, 0.05) is 37.4 Å². The highest BCUT2D eigenvalue weighted by Crippen LogP contribution is 2.27. The lowest BCUT2D eigenvalue weighted by Crippen LogP contribution is -2.52. The number of imide groups is 1. The Balaban J connectivity index is 1.44. The van der Waals surface area contributed by atoms with Crippen molar-refractivity contribution >= 4 is 34.9 Å². The van der Waals surface area contributed by atoms with E-state index in [1.807, 2.05) is 18.2 Å². The Kier molecular flexibility index (Phi) is 4.61. The van der Waals surface area contributed by atoms with Gasteiger partial charge in [-0.25, -0.2) is 9.88 Å². The van der Waals surface area contributed by atoms with Crippen LogP contribution in [0.25, 0.3) is 0 Å². The van der Waals surface area contributed by atoms with Crippen LogP contribution in [0.15, 0.2) is 48.7 Å². The standard InChI is InChI=1S/C19H19ClN4O2/c20-14-4-6-15(7-5-14)24-18(25)13-16(19(24)26)22-9-11-23(12-10-22)17-3-1-2-8-21-17/h1-8,16H,9-13H2/t16-/m0/s1. The number of aromatic nitrogens is 1. The number of benzene rings is 1. The Morgan fingerprint density at radius 2 is 1.69 bits per heavy atom. The number of pyridine rings is 1. The average Bonchev–Trinajstić information content (AvgIpc) is 2.98. The molecule has 26 heavy (non-hydrogen) atoms. The van der Waals surface area contributed by atoms with Crippen molar-refractivity contribution in [2.75, 3.05) is 36.0 Å². The number of piperazine rings is 1. The van der Waals surface area contributed by atoms with Crippen LogP contribution < -0.4 is 9.80 Å². The van der Waals surface area contributed by atoms with Crippen molar-refractivity contribution in [1.29, 1.82) is 0 Å². The summed E-state index contributed by atoms with van der Waals surface area (Å²) in [6.07, 6.45) is 2.01. The molecule has 1 aromatic heterocycles. The predicted octanol–water partition coefficient (Wildman–Crippen LogP) is 2.19. The summed E-state index contributed by atoms with van der Waals surface area (Å²) in [6, 6.07) is 12.3. The number of hydrogen-bond donors (Lipinski definition) is 0. The molecule has 0 aliphatic carbocycles. The quantitative estimate of drug-likeness (QED) is 0.775. The van der Waals surface area contributed by atoms with E-state index in [4.69, 9.17) is 11.6 Å². The van der Waals surface area contributed by atoms with Gasteiger partial charge in [-0.1, -0.05) is 17.7 Å². The largest absolute Gasteiger partial charge is 0.354 e. The van der Waals surface area contributed by atoms with Gasteiger partial charge in [0.15, 0.2) is 0 Å². The van der Waals surface area contributed by atoms with Gasteiger partial charge >= 0.3 is 0 Å². The van der Waals surface area contributed by atoms with Gasteiger partial charge in [-0.2, -0.15) is 0 Å². The number of nitrogens with zero attached hydrogens (tertiary/aromatic N) is 4. The fourth-order valence-corrected chi connectivity index (χ4v) is 3.69. The van der Waals surface area contributed by atoms with E-state index in [1.54, 1.807) is 30.5 Å². The van der Waals surface area contributed by atoms with E-state index in [0.717, 1.165) is 32.0 Å². The SMILES string of the molecule is O=C1C[C@H](N2CCN(c3ccccn3)CC2)C(=O)N1c1ccc(Cl)cc1. The van der Waals surface area contributed by atoms with Crippen LogP contribution in [0.3, 0.4) is 0 Å². The molecule has 7 heteroatoms. The maximum absolute atomic E-state index is 12.9. The maximum atomic E-state index is 12.9. The van der Waals surface area contributed by atoms with Crippen LogP contribution in [-0.4, -0.2) is 53.9 Å². The molecule has 1 aromatic carbocycles. The van der Waals surface area contributed by atoms with Gasteiger partial charge in [0.2, 0.25) is 5.91 Å². The second-order valence-corrected chi connectivity index (χ2v) is 6.91. The lowest BCUT2D eigenvalue weighted by molar-refractivity contribution is -0.123. The highest BCUT2D eigenvalue weighted by Gasteiger charge is 2.43. The number of carbonyl (C=O) groups excluding carboxylic acids is 2. The zero-order valence-electron chi connectivity index (χ0n) is 14.2. The van der Waals surface area contributed by atoms with E-state index in [2.05, 4.69) is 14.8 Å². The fourth-order valence-electron chi connectivity index (χ4n) is 3.57. The number of halogens is 1. The molecule has 0 bridgehead atoms. The van der Waals surface area contributed by atoms with Crippen molar-refractivity contribution in [1.82, 2.24) is 9.88 Å². The summed E-state index contributed by atoms with van der Waals surface area (Å²) in [7, 11) is 0. The van der Waals surface area contributed by atoms with Crippen LogP contribution in [0, 0.1) is 0 Å². The Labute approximate surface area is 157 Å². The zero-order chi connectivity index (χ0) is 18.1. The third-order valence-corrected chi connectivity index (χ3v) is 5.19. The molecule has 2 amide bonds. The Hall–Kier alpha value is -2.44. The van der Waals surface area contributed by atoms with E-state index >= 15 is 0 Å². The van der Waals surface area contributed by atoms with Gasteiger partial charge in [0.05, 0.1) is 18.2 Å². The van der Waals surface area contributed by atoms with Crippen LogP contribution in [-0.2, 0) is 9.59 Å². The first-order valence-corrected chi connectivity index (χ1v) is 9.04. The predicted molar refractivity (Wildman–Crippen MR) is 100 cm³/mol. The molecule has 0 saturated carbocycles. The van der Waals surface area contributed by atoms with Crippen molar-refractivity contribution in [3.8, 4) is 0 Å². The van der Waals surface area contributed by atoms with E-state index in [9.17, 15) is 9.59 Å². The molecule has 2 aromatic rings. The minimum absolute atomic E-state index is 0.149. The first kappa shape index (κ1) is 17.0. The number of amides is 2. The molecule has 2 aliphatic rings. The Morgan fingerprint density at radius 1 is 0.962 bits per heavy atom. The molecule has 134 valence electrons. The molecule has 6 nitrogen and oxygen atoms in total. The molecule has 3 heterocycles. The fraction of sp³-hybridized carbons (Fsp3) is 0.316. The van der Waals surface area contributed by atoms with Crippen LogP contribution in [0.5, 0.6) is 0 Å². The lowest BCUT2D eigenvalue weighted by atomic mass is 10.1. The molecule has 2 aliphatic heterocycles. The Bertz CT molecular complexity index is 804. The third-order valence-electron chi connectivity index (χ3n) is 4.94. The highest BCUT2D eigenvalue weighted by atomic mass is 35.5. The van der Waals surface area contributed by atoms with Gasteiger partial charge in [0.1, 0.15) is 5.82 Å². The van der Waals surface area contributed by atoms with Gasteiger partial charge in [-0.3, -0.25) is 14.5 Å². The minimum atomic E-state index is -0.385. The summed E-state index contributed by atoms with van der Waals surface area (Å²) >= 11 is 5.90. The number of anilines is 2. The van der Waals surface area contributed by atoms with Gasteiger partial charge < -0.3 is 4.90 Å². The molecule has 0 spiro atoms. The van der Waals surface area contributed by atoms with Crippen molar-refractivity contribution in [2.24, 2.45) is 0 Å². The number of carbonyl (C=O) groups is 2. The van der Waals surface area contributed by atoms with Crippen LogP contribution in [0.4, 0.5) is 11.5 Å². The van der Waals surface area contributed by atoms with E-state index in [1.165, 1.54) is 4.90 Å². The van der Waals surface area contributed by atoms with Crippen molar-refractivity contribution < 1.29 is 9.59 Å². The second kappa shape index (κ2) is 7.05. The number of rotatable bonds is 3. The van der Waals surface area contributed by atoms with Gasteiger partial charge in [-0.05, 0) is 36.4 Å². The van der Waals surface area contributed by atoms with Crippen molar-refractivity contribution in [2.45, 2.75) is 12.5 Å². The van der Waals surface area contributed by atoms with Crippen LogP contribution in [0.1, 0.15) is 6.42 Å². The molecule has 0 N–H and O–H groups in total. The average molecular weight is 371 g/mol. The molecule has 2 saturated heterocycles. The third kappa shape index (κ3) is 3.18. The molecule has 4 rings (SSSR count). The van der Waals surface area contributed by atoms with Crippen LogP contribution >= 0.6 is 11.6 Å². The van der Waals surface area contributed by atoms with Gasteiger partial charge in [-0.15, -0.1) is 0 Å². The second-order valence-electron chi connectivity index (χ2n) is 6.47. The summed E-state index contributed by atoms with van der Waals surface area (Å²) in [6.45, 7) is 3.04. The Morgan fingerprint density at radius 3 is 2.35 bits per heavy atom. The van der Waals surface area contributed by atoms with E-state index in [0.29, 0.717) is 10.7 Å². The molecule has 2 fully saturated rings. The molecule has 0 unspecified atom stereocenters. The molecule has 0 radical (unpaired) electrons. The van der Waals surface area contributed by atoms with E-state index in [-0.39, 0.29) is 24.3 Å². The molecule has 1 atom stereocenters. The number of hydrogen-bond acceptors (Lipinski definition) is 5. The minimum Gasteiger partial charge on any atom is -0.354 e. The summed E-state index contributed by atoms with van der Waals surface area (Å²) in [5.41, 5.74) is 0.582. The molecular weight excluding hydrogens is 352 g/mol. The van der Waals surface area contributed by atoms with Crippen molar-refractivity contribution in [3.63, 3.8) is 0 Å². The first-order chi connectivity index (χ1) is 12.6. The topological polar surface area (TPSA) is 56.8 Å². The monoisotopic (exact) mass is 370 g/mol. The normalized spacial score (nSPS) is 21.5. The lowest BCUT2D eigenvalue weighted by Gasteiger charge is -2.37. The summed E-state index contributed by atoms with van der Waals surface area (Å²) in [4.78, 5) is 35.3. The summed E-state index contributed by atoms with van der Waals surface area (Å²) in [5, 5.41) is 0.579. The zero-order valence-corrected chi connectivity index (χ0v) is 15.0. The summed E-state index contributed by atoms with van der Waals surface area (Å²) in [5.74, 6) is 0.641. The highest BCUT2D eigenvalue weighted by molar-refractivity contribution is 6.30. The van der Waals surface area contributed by atoms with Gasteiger partial charge in [0.25, 0.3) is 5.91 Å². The molecular formula is C19H19ClN4O2. The van der Waals surface area contributed by atoms with Crippen molar-refractivity contribution in [3.05, 3.63) is 53.7 Å². The van der Waals surface area contributed by atoms with E-state index < -0.39 is 0 Å².